The summed E-state index contributed by atoms with van der Waals surface area (Å²) in [5.41, 5.74) is 9.71. The Morgan fingerprint density at radius 3 is 2.79 bits per heavy atom. The molecule has 1 unspecified atom stereocenters. The van der Waals surface area contributed by atoms with Crippen molar-refractivity contribution >= 4 is 40.7 Å². The number of allylic oxidation sites excluding steroid dienone is 1. The van der Waals surface area contributed by atoms with Gasteiger partial charge in [0.15, 0.2) is 0 Å². The summed E-state index contributed by atoms with van der Waals surface area (Å²) in [6, 6.07) is 16.9. The summed E-state index contributed by atoms with van der Waals surface area (Å²) < 4.78 is 0. The van der Waals surface area contributed by atoms with Crippen molar-refractivity contribution in [1.29, 1.82) is 0 Å². The minimum absolute atomic E-state index is 0.0128. The number of nitrogens with two attached hydrogens (primary N) is 1. The van der Waals surface area contributed by atoms with E-state index in [2.05, 4.69) is 20.6 Å². The van der Waals surface area contributed by atoms with Crippen LogP contribution in [0, 0.1) is 0 Å². The molecule has 3 aromatic rings. The molecule has 4 rings (SSSR count). The molecule has 1 aliphatic heterocycles. The average molecular weight is 389 g/mol. The normalized spacial score (nSPS) is 15.4. The summed E-state index contributed by atoms with van der Waals surface area (Å²) in [4.78, 5) is 21.2. The molecule has 140 valence electrons. The molecular weight excluding hydrogens is 370 g/mol. The zero-order valence-corrected chi connectivity index (χ0v) is 15.8. The van der Waals surface area contributed by atoms with Gasteiger partial charge < -0.3 is 16.4 Å². The highest BCUT2D eigenvalue weighted by Crippen LogP contribution is 2.27. The highest BCUT2D eigenvalue weighted by molar-refractivity contribution is 8.03. The van der Waals surface area contributed by atoms with Gasteiger partial charge in [-0.05, 0) is 48.2 Å². The summed E-state index contributed by atoms with van der Waals surface area (Å²) in [6.45, 7) is 0. The molecule has 0 fully saturated rings. The summed E-state index contributed by atoms with van der Waals surface area (Å²) in [5, 5.41) is 8.05. The van der Waals surface area contributed by atoms with Gasteiger partial charge in [-0.3, -0.25) is 4.79 Å². The number of hydrogen-bond donors (Lipinski definition) is 3. The third-order valence-electron chi connectivity index (χ3n) is 4.21. The molecule has 0 bridgehead atoms. The summed E-state index contributed by atoms with van der Waals surface area (Å²) in [5.74, 6) is 0.491. The Morgan fingerprint density at radius 2 is 1.96 bits per heavy atom. The van der Waals surface area contributed by atoms with Gasteiger partial charge in [-0.2, -0.15) is 0 Å². The molecule has 1 amide bonds. The Labute approximate surface area is 167 Å². The molecule has 2 heterocycles. The predicted octanol–water partition coefficient (Wildman–Crippen LogP) is 4.43. The van der Waals surface area contributed by atoms with Gasteiger partial charge in [0.2, 0.25) is 11.9 Å². The maximum absolute atomic E-state index is 12.3. The Balaban J connectivity index is 1.51. The first kappa shape index (κ1) is 18.1. The third kappa shape index (κ3) is 4.32. The molecule has 28 heavy (non-hydrogen) atoms. The van der Waals surface area contributed by atoms with Crippen molar-refractivity contribution in [1.82, 2.24) is 9.97 Å². The monoisotopic (exact) mass is 389 g/mol. The quantitative estimate of drug-likeness (QED) is 0.559. The van der Waals surface area contributed by atoms with E-state index in [-0.39, 0.29) is 11.2 Å². The van der Waals surface area contributed by atoms with Gasteiger partial charge in [-0.25, -0.2) is 9.97 Å². The topological polar surface area (TPSA) is 92.9 Å². The zero-order valence-electron chi connectivity index (χ0n) is 15.0. The number of nitrogen functional groups attached to an aromatic ring is 1. The van der Waals surface area contributed by atoms with Crippen LogP contribution in [0.15, 0.2) is 72.3 Å². The van der Waals surface area contributed by atoms with E-state index in [4.69, 9.17) is 5.73 Å². The van der Waals surface area contributed by atoms with Crippen LogP contribution < -0.4 is 16.4 Å². The standard InChI is InChI=1S/C21H19N5OS/c22-15-5-2-7-17(13-15)25-21-23-10-9-18(26-21)14-4-1-6-16(12-14)24-20(27)19-8-3-11-28-19/h1-7,9-13,19H,8,22H2,(H,24,27)(H,23,25,26). The van der Waals surface area contributed by atoms with Crippen LogP contribution in [0.1, 0.15) is 6.42 Å². The molecular formula is C21H19N5OS. The van der Waals surface area contributed by atoms with Crippen LogP contribution in [0.4, 0.5) is 23.0 Å². The maximum Gasteiger partial charge on any atom is 0.238 e. The van der Waals surface area contributed by atoms with Gasteiger partial charge in [0.25, 0.3) is 0 Å². The molecule has 2 aromatic carbocycles. The van der Waals surface area contributed by atoms with Crippen molar-refractivity contribution in [3.05, 3.63) is 72.3 Å². The largest absolute Gasteiger partial charge is 0.399 e. The van der Waals surface area contributed by atoms with Crippen molar-refractivity contribution < 1.29 is 4.79 Å². The van der Waals surface area contributed by atoms with Gasteiger partial charge in [0.05, 0.1) is 10.9 Å². The van der Waals surface area contributed by atoms with E-state index in [1.807, 2.05) is 66.1 Å². The number of amides is 1. The first-order chi connectivity index (χ1) is 13.7. The van der Waals surface area contributed by atoms with E-state index in [9.17, 15) is 4.79 Å². The van der Waals surface area contributed by atoms with Gasteiger partial charge in [0, 0.05) is 28.8 Å². The second-order valence-electron chi connectivity index (χ2n) is 6.32. The molecule has 0 spiro atoms. The van der Waals surface area contributed by atoms with E-state index in [1.165, 1.54) is 0 Å². The first-order valence-electron chi connectivity index (χ1n) is 8.85. The van der Waals surface area contributed by atoms with Gasteiger partial charge in [-0.15, -0.1) is 11.8 Å². The lowest BCUT2D eigenvalue weighted by Gasteiger charge is -2.11. The average Bonchev–Trinajstić information content (AvgIpc) is 3.24. The van der Waals surface area contributed by atoms with Crippen LogP contribution in [0.3, 0.4) is 0 Å². The highest BCUT2D eigenvalue weighted by atomic mass is 32.2. The number of nitrogens with zero attached hydrogens (tertiary/aromatic N) is 2. The molecule has 4 N–H and O–H groups in total. The number of nitrogens with one attached hydrogen (secondary N) is 2. The Bertz CT molecular complexity index is 1030. The lowest BCUT2D eigenvalue weighted by Crippen LogP contribution is -2.22. The van der Waals surface area contributed by atoms with E-state index < -0.39 is 0 Å². The van der Waals surface area contributed by atoms with Crippen LogP contribution in [0.5, 0.6) is 0 Å². The number of rotatable bonds is 5. The minimum Gasteiger partial charge on any atom is -0.399 e. The summed E-state index contributed by atoms with van der Waals surface area (Å²) in [6.07, 6.45) is 4.48. The van der Waals surface area contributed by atoms with Crippen LogP contribution >= 0.6 is 11.8 Å². The SMILES string of the molecule is Nc1cccc(Nc2nccc(-c3cccc(NC(=O)C4CC=CS4)c3)n2)c1. The van der Waals surface area contributed by atoms with E-state index in [0.717, 1.165) is 29.1 Å². The van der Waals surface area contributed by atoms with E-state index in [0.29, 0.717) is 11.6 Å². The molecule has 6 nitrogen and oxygen atoms in total. The Hall–Kier alpha value is -3.32. The molecule has 1 aliphatic rings. The lowest BCUT2D eigenvalue weighted by atomic mass is 10.1. The second-order valence-corrected chi connectivity index (χ2v) is 7.43. The molecule has 0 saturated heterocycles. The van der Waals surface area contributed by atoms with Crippen LogP contribution in [-0.4, -0.2) is 21.1 Å². The Morgan fingerprint density at radius 1 is 1.11 bits per heavy atom. The summed E-state index contributed by atoms with van der Waals surface area (Å²) in [7, 11) is 0. The van der Waals surface area contributed by atoms with Crippen molar-refractivity contribution in [3.8, 4) is 11.3 Å². The number of benzene rings is 2. The molecule has 0 radical (unpaired) electrons. The van der Waals surface area contributed by atoms with E-state index in [1.54, 1.807) is 18.0 Å². The fourth-order valence-electron chi connectivity index (χ4n) is 2.86. The number of hydrogen-bond acceptors (Lipinski definition) is 6. The second kappa shape index (κ2) is 8.14. The fourth-order valence-corrected chi connectivity index (χ4v) is 3.67. The molecule has 1 aromatic heterocycles. The molecule has 1 atom stereocenters. The van der Waals surface area contributed by atoms with Gasteiger partial charge >= 0.3 is 0 Å². The van der Waals surface area contributed by atoms with Crippen LogP contribution in [0.25, 0.3) is 11.3 Å². The predicted molar refractivity (Wildman–Crippen MR) is 115 cm³/mol. The van der Waals surface area contributed by atoms with Crippen LogP contribution in [-0.2, 0) is 4.79 Å². The maximum atomic E-state index is 12.3. The Kier molecular flexibility index (Phi) is 5.25. The molecule has 0 saturated carbocycles. The zero-order chi connectivity index (χ0) is 19.3. The summed E-state index contributed by atoms with van der Waals surface area (Å²) >= 11 is 1.54. The van der Waals surface area contributed by atoms with Crippen molar-refractivity contribution in [2.24, 2.45) is 0 Å². The lowest BCUT2D eigenvalue weighted by molar-refractivity contribution is -0.115. The van der Waals surface area contributed by atoms with Gasteiger partial charge in [-0.1, -0.05) is 24.3 Å². The smallest absolute Gasteiger partial charge is 0.238 e. The van der Waals surface area contributed by atoms with Crippen molar-refractivity contribution in [2.75, 3.05) is 16.4 Å². The number of aromatic nitrogens is 2. The van der Waals surface area contributed by atoms with E-state index >= 15 is 0 Å². The first-order valence-corrected chi connectivity index (χ1v) is 9.79. The number of anilines is 4. The van der Waals surface area contributed by atoms with Gasteiger partial charge in [0.1, 0.15) is 0 Å². The minimum atomic E-state index is -0.0585. The van der Waals surface area contributed by atoms with Crippen molar-refractivity contribution in [2.45, 2.75) is 11.7 Å². The fraction of sp³-hybridized carbons (Fsp3) is 0.0952. The third-order valence-corrected chi connectivity index (χ3v) is 5.29. The number of carbonyl (C=O) groups excluding carboxylic acids is 1. The molecule has 0 aliphatic carbocycles. The number of thioether (sulfide) groups is 1. The number of carbonyl (C=O) groups is 1. The highest BCUT2D eigenvalue weighted by Gasteiger charge is 2.20. The van der Waals surface area contributed by atoms with Crippen LogP contribution in [0.2, 0.25) is 0 Å². The molecule has 7 heteroatoms. The van der Waals surface area contributed by atoms with Crippen molar-refractivity contribution in [3.63, 3.8) is 0 Å².